The van der Waals surface area contributed by atoms with Crippen LogP contribution in [0.15, 0.2) is 47.4 Å². The zero-order chi connectivity index (χ0) is 14.4. The van der Waals surface area contributed by atoms with E-state index in [9.17, 15) is 14.0 Å². The number of halogens is 1. The highest BCUT2D eigenvalue weighted by Crippen LogP contribution is 2.14. The third-order valence-electron chi connectivity index (χ3n) is 2.54. The van der Waals surface area contributed by atoms with Gasteiger partial charge in [0.05, 0.1) is 6.42 Å². The summed E-state index contributed by atoms with van der Waals surface area (Å²) in [5.74, 6) is 0.0990. The van der Waals surface area contributed by atoms with Gasteiger partial charge in [-0.3, -0.25) is 9.59 Å². The van der Waals surface area contributed by atoms with Crippen molar-refractivity contribution in [2.75, 3.05) is 12.2 Å². The predicted octanol–water partition coefficient (Wildman–Crippen LogP) is 1.86. The van der Waals surface area contributed by atoms with E-state index in [1.165, 1.54) is 12.3 Å². The summed E-state index contributed by atoms with van der Waals surface area (Å²) < 4.78 is 16.8. The molecule has 104 valence electrons. The molecule has 20 heavy (non-hydrogen) atoms. The van der Waals surface area contributed by atoms with Gasteiger partial charge in [0.15, 0.2) is 0 Å². The molecule has 1 aromatic carbocycles. The fraction of sp³-hybridized carbons (Fsp3) is 0.143. The third-order valence-corrected chi connectivity index (χ3v) is 2.54. The Balaban J connectivity index is 2.01. The molecule has 2 aromatic rings. The van der Waals surface area contributed by atoms with Crippen LogP contribution in [0.25, 0.3) is 0 Å². The van der Waals surface area contributed by atoms with Gasteiger partial charge in [-0.05, 0) is 23.8 Å². The number of hydrogen-bond donors (Lipinski definition) is 2. The van der Waals surface area contributed by atoms with Gasteiger partial charge in [-0.1, -0.05) is 12.1 Å². The Kier molecular flexibility index (Phi) is 4.49. The van der Waals surface area contributed by atoms with Gasteiger partial charge in [-0.15, -0.1) is 0 Å². The lowest BCUT2D eigenvalue weighted by atomic mass is 10.1. The van der Waals surface area contributed by atoms with Gasteiger partial charge in [-0.2, -0.15) is 0 Å². The lowest BCUT2D eigenvalue weighted by Gasteiger charge is -2.06. The van der Waals surface area contributed by atoms with E-state index in [1.54, 1.807) is 30.3 Å². The number of alkyl halides is 1. The molecule has 0 bridgehead atoms. The summed E-state index contributed by atoms with van der Waals surface area (Å²) in [6.07, 6.45) is 1.56. The van der Waals surface area contributed by atoms with Gasteiger partial charge in [0, 0.05) is 18.0 Å². The van der Waals surface area contributed by atoms with E-state index in [1.807, 2.05) is 0 Å². The lowest BCUT2D eigenvalue weighted by molar-refractivity contribution is -0.115. The van der Waals surface area contributed by atoms with Crippen LogP contribution in [0.3, 0.4) is 0 Å². The number of rotatable bonds is 5. The van der Waals surface area contributed by atoms with Gasteiger partial charge < -0.3 is 15.0 Å². The van der Waals surface area contributed by atoms with E-state index < -0.39 is 6.86 Å². The van der Waals surface area contributed by atoms with Crippen LogP contribution in [0.5, 0.6) is 5.75 Å². The van der Waals surface area contributed by atoms with Crippen molar-refractivity contribution in [1.29, 1.82) is 0 Å². The Hall–Kier alpha value is -2.63. The minimum absolute atomic E-state index is 0.107. The summed E-state index contributed by atoms with van der Waals surface area (Å²) in [7, 11) is 0. The van der Waals surface area contributed by atoms with Crippen molar-refractivity contribution in [2.45, 2.75) is 6.42 Å². The number of anilines is 1. The molecule has 2 rings (SSSR count). The number of carbonyl (C=O) groups is 1. The number of ether oxygens (including phenoxy) is 1. The first kappa shape index (κ1) is 13.8. The molecule has 0 fully saturated rings. The normalized spacial score (nSPS) is 10.1. The Morgan fingerprint density at radius 2 is 2.15 bits per heavy atom. The van der Waals surface area contributed by atoms with E-state index >= 15 is 0 Å². The van der Waals surface area contributed by atoms with Crippen LogP contribution < -0.4 is 15.6 Å². The number of carbonyl (C=O) groups excluding carboxylic acids is 1. The SMILES string of the molecule is O=C(Cc1cccc(OCF)c1)Nc1cc[nH]c(=O)c1. The second-order valence-corrected chi connectivity index (χ2v) is 4.07. The predicted molar refractivity (Wildman–Crippen MR) is 72.4 cm³/mol. The summed E-state index contributed by atoms with van der Waals surface area (Å²) in [6, 6.07) is 9.50. The van der Waals surface area contributed by atoms with Crippen molar-refractivity contribution in [3.63, 3.8) is 0 Å². The quantitative estimate of drug-likeness (QED) is 0.875. The molecule has 0 radical (unpaired) electrons. The standard InChI is InChI=1S/C14H13FN2O3/c15-9-20-12-3-1-2-10(6-12)7-14(19)17-11-4-5-16-13(18)8-11/h1-6,8H,7,9H2,(H2,16,17,18,19). The molecule has 0 aliphatic carbocycles. The zero-order valence-corrected chi connectivity index (χ0v) is 10.6. The lowest BCUT2D eigenvalue weighted by Crippen LogP contribution is -2.16. The number of nitrogens with one attached hydrogen (secondary N) is 2. The molecule has 0 saturated carbocycles. The van der Waals surface area contributed by atoms with Crippen LogP contribution >= 0.6 is 0 Å². The van der Waals surface area contributed by atoms with Crippen LogP contribution in [0.1, 0.15) is 5.56 Å². The monoisotopic (exact) mass is 276 g/mol. The molecular weight excluding hydrogens is 263 g/mol. The minimum Gasteiger partial charge on any atom is -0.463 e. The molecule has 0 aliphatic heterocycles. The summed E-state index contributed by atoms with van der Waals surface area (Å²) in [6.45, 7) is -0.914. The Labute approximate surface area is 114 Å². The van der Waals surface area contributed by atoms with Gasteiger partial charge >= 0.3 is 0 Å². The largest absolute Gasteiger partial charge is 0.463 e. The molecular formula is C14H13FN2O3. The van der Waals surface area contributed by atoms with Crippen LogP contribution in [0.2, 0.25) is 0 Å². The van der Waals surface area contributed by atoms with E-state index in [0.29, 0.717) is 17.0 Å². The number of amides is 1. The van der Waals surface area contributed by atoms with Crippen molar-refractivity contribution in [2.24, 2.45) is 0 Å². The summed E-state index contributed by atoms with van der Waals surface area (Å²) in [5, 5.41) is 2.61. The van der Waals surface area contributed by atoms with E-state index in [0.717, 1.165) is 0 Å². The maximum absolute atomic E-state index is 12.1. The average molecular weight is 276 g/mol. The average Bonchev–Trinajstić information content (AvgIpc) is 2.39. The number of hydrogen-bond acceptors (Lipinski definition) is 3. The number of aromatic nitrogens is 1. The fourth-order valence-electron chi connectivity index (χ4n) is 1.72. The van der Waals surface area contributed by atoms with Crippen molar-refractivity contribution < 1.29 is 13.9 Å². The molecule has 0 aliphatic rings. The first-order valence-electron chi connectivity index (χ1n) is 5.93. The van der Waals surface area contributed by atoms with Gasteiger partial charge in [0.1, 0.15) is 5.75 Å². The molecule has 1 aromatic heterocycles. The highest BCUT2D eigenvalue weighted by Gasteiger charge is 2.05. The molecule has 5 nitrogen and oxygen atoms in total. The van der Waals surface area contributed by atoms with Crippen LogP contribution in [-0.2, 0) is 11.2 Å². The molecule has 0 unspecified atom stereocenters. The number of aromatic amines is 1. The second kappa shape index (κ2) is 6.51. The van der Waals surface area contributed by atoms with Gasteiger partial charge in [0.2, 0.25) is 18.3 Å². The summed E-state index contributed by atoms with van der Waals surface area (Å²) in [4.78, 5) is 25.4. The maximum atomic E-state index is 12.1. The van der Waals surface area contributed by atoms with E-state index in [2.05, 4.69) is 10.3 Å². The molecule has 1 heterocycles. The molecule has 2 N–H and O–H groups in total. The summed E-state index contributed by atoms with van der Waals surface area (Å²) in [5.41, 5.74) is 0.828. The highest BCUT2D eigenvalue weighted by atomic mass is 19.1. The molecule has 0 spiro atoms. The van der Waals surface area contributed by atoms with Gasteiger partial charge in [0.25, 0.3) is 0 Å². The Bertz CT molecular complexity index is 655. The van der Waals surface area contributed by atoms with Crippen LogP contribution in [0.4, 0.5) is 10.1 Å². The third kappa shape index (κ3) is 3.94. The van der Waals surface area contributed by atoms with Crippen molar-refractivity contribution >= 4 is 11.6 Å². The Morgan fingerprint density at radius 3 is 2.90 bits per heavy atom. The van der Waals surface area contributed by atoms with Gasteiger partial charge in [-0.25, -0.2) is 4.39 Å². The maximum Gasteiger partial charge on any atom is 0.249 e. The minimum atomic E-state index is -0.914. The second-order valence-electron chi connectivity index (χ2n) is 4.07. The smallest absolute Gasteiger partial charge is 0.249 e. The highest BCUT2D eigenvalue weighted by molar-refractivity contribution is 5.92. The molecule has 0 saturated heterocycles. The summed E-state index contributed by atoms with van der Waals surface area (Å²) >= 11 is 0. The number of H-pyrrole nitrogens is 1. The topological polar surface area (TPSA) is 71.2 Å². The van der Waals surface area contributed by atoms with E-state index in [-0.39, 0.29) is 17.9 Å². The van der Waals surface area contributed by atoms with Crippen LogP contribution in [-0.4, -0.2) is 17.8 Å². The van der Waals surface area contributed by atoms with E-state index in [4.69, 9.17) is 4.74 Å². The molecule has 0 atom stereocenters. The van der Waals surface area contributed by atoms with Crippen molar-refractivity contribution in [3.05, 3.63) is 58.5 Å². The van der Waals surface area contributed by atoms with Crippen molar-refractivity contribution in [1.82, 2.24) is 4.98 Å². The first-order valence-corrected chi connectivity index (χ1v) is 5.93. The van der Waals surface area contributed by atoms with Crippen molar-refractivity contribution in [3.8, 4) is 5.75 Å². The number of pyridine rings is 1. The van der Waals surface area contributed by atoms with Crippen LogP contribution in [0, 0.1) is 0 Å². The molecule has 1 amide bonds. The fourth-order valence-corrected chi connectivity index (χ4v) is 1.72. The number of benzene rings is 1. The molecule has 6 heteroatoms. The zero-order valence-electron chi connectivity index (χ0n) is 10.6. The first-order chi connectivity index (χ1) is 9.67. The Morgan fingerprint density at radius 1 is 1.30 bits per heavy atom.